The molecule has 0 aliphatic rings. The van der Waals surface area contributed by atoms with Gasteiger partial charge in [0.1, 0.15) is 5.75 Å². The van der Waals surface area contributed by atoms with Crippen LogP contribution in [-0.2, 0) is 24.9 Å². The van der Waals surface area contributed by atoms with Gasteiger partial charge >= 0.3 is 0 Å². The molecule has 0 aliphatic heterocycles. The fourth-order valence-electron chi connectivity index (χ4n) is 2.57. The molecule has 0 atom stereocenters. The number of benzene rings is 1. The molecule has 1 aromatic carbocycles. The maximum absolute atomic E-state index is 5.95. The minimum atomic E-state index is 0. The minimum absolute atomic E-state index is 0. The third-order valence-electron chi connectivity index (χ3n) is 4.08. The van der Waals surface area contributed by atoms with Crippen LogP contribution in [0.2, 0.25) is 0 Å². The molecule has 0 aliphatic carbocycles. The predicted molar refractivity (Wildman–Crippen MR) is 123 cm³/mol. The molecule has 1 heterocycles. The number of nitrogens with one attached hydrogen (secondary N) is 2. The van der Waals surface area contributed by atoms with Crippen LogP contribution < -0.4 is 15.4 Å². The van der Waals surface area contributed by atoms with E-state index in [1.54, 1.807) is 13.3 Å². The molecular formula is C20H32IN5O2. The molecule has 2 aromatic rings. The summed E-state index contributed by atoms with van der Waals surface area (Å²) in [6, 6.07) is 8.22. The van der Waals surface area contributed by atoms with Gasteiger partial charge in [-0.1, -0.05) is 12.1 Å². The van der Waals surface area contributed by atoms with Gasteiger partial charge < -0.3 is 20.1 Å². The number of aromatic nitrogens is 2. The first kappa shape index (κ1) is 24.2. The Morgan fingerprint density at radius 2 is 2.04 bits per heavy atom. The van der Waals surface area contributed by atoms with Crippen molar-refractivity contribution in [3.8, 4) is 5.75 Å². The Kier molecular flexibility index (Phi) is 11.6. The highest BCUT2D eigenvalue weighted by atomic mass is 127. The fourth-order valence-corrected chi connectivity index (χ4v) is 2.57. The van der Waals surface area contributed by atoms with E-state index in [-0.39, 0.29) is 24.0 Å². The second-order valence-electron chi connectivity index (χ2n) is 6.30. The SMILES string of the molecule is CCNC(=NCc1ccc(C)cc1OCCCOC)NCc1ccnn1C.I. The van der Waals surface area contributed by atoms with Crippen LogP contribution in [0.3, 0.4) is 0 Å². The molecule has 0 fully saturated rings. The van der Waals surface area contributed by atoms with Crippen LogP contribution in [0.25, 0.3) is 0 Å². The topological polar surface area (TPSA) is 72.7 Å². The van der Waals surface area contributed by atoms with Crippen molar-refractivity contribution in [3.05, 3.63) is 47.3 Å². The van der Waals surface area contributed by atoms with E-state index in [9.17, 15) is 0 Å². The molecule has 156 valence electrons. The molecule has 0 saturated carbocycles. The highest BCUT2D eigenvalue weighted by Crippen LogP contribution is 2.21. The van der Waals surface area contributed by atoms with E-state index in [4.69, 9.17) is 14.5 Å². The third-order valence-corrected chi connectivity index (χ3v) is 4.08. The first-order chi connectivity index (χ1) is 13.1. The van der Waals surface area contributed by atoms with Crippen molar-refractivity contribution < 1.29 is 9.47 Å². The lowest BCUT2D eigenvalue weighted by atomic mass is 10.1. The second-order valence-corrected chi connectivity index (χ2v) is 6.30. The van der Waals surface area contributed by atoms with E-state index >= 15 is 0 Å². The van der Waals surface area contributed by atoms with Gasteiger partial charge in [-0.25, -0.2) is 4.99 Å². The van der Waals surface area contributed by atoms with E-state index in [1.807, 2.05) is 17.8 Å². The maximum atomic E-state index is 5.95. The van der Waals surface area contributed by atoms with Crippen LogP contribution in [0.15, 0.2) is 35.5 Å². The first-order valence-corrected chi connectivity index (χ1v) is 9.34. The van der Waals surface area contributed by atoms with Gasteiger partial charge in [0.05, 0.1) is 25.4 Å². The Labute approximate surface area is 184 Å². The largest absolute Gasteiger partial charge is 0.493 e. The molecule has 0 spiro atoms. The van der Waals surface area contributed by atoms with Gasteiger partial charge in [-0.05, 0) is 31.5 Å². The Bertz CT molecular complexity index is 733. The van der Waals surface area contributed by atoms with Crippen LogP contribution in [0, 0.1) is 6.92 Å². The number of ether oxygens (including phenoxy) is 2. The van der Waals surface area contributed by atoms with E-state index in [1.165, 1.54) is 5.56 Å². The summed E-state index contributed by atoms with van der Waals surface area (Å²) in [6.45, 7) is 7.45. The van der Waals surface area contributed by atoms with Crippen molar-refractivity contribution in [2.45, 2.75) is 33.4 Å². The van der Waals surface area contributed by atoms with Crippen LogP contribution in [0.4, 0.5) is 0 Å². The zero-order valence-corrected chi connectivity index (χ0v) is 19.5. The van der Waals surface area contributed by atoms with Gasteiger partial charge in [-0.3, -0.25) is 4.68 Å². The van der Waals surface area contributed by atoms with Gasteiger partial charge in [0.2, 0.25) is 0 Å². The fraction of sp³-hybridized carbons (Fsp3) is 0.500. The number of rotatable bonds is 10. The minimum Gasteiger partial charge on any atom is -0.493 e. The number of halogens is 1. The molecule has 8 heteroatoms. The summed E-state index contributed by atoms with van der Waals surface area (Å²) in [6.07, 6.45) is 2.66. The number of methoxy groups -OCH3 is 1. The summed E-state index contributed by atoms with van der Waals surface area (Å²) >= 11 is 0. The standard InChI is InChI=1S/C20H31N5O2.HI/c1-5-21-20(23-15-18-9-10-24-25(18)3)22-14-17-8-7-16(2)13-19(17)27-12-6-11-26-4;/h7-10,13H,5-6,11-12,14-15H2,1-4H3,(H2,21,22,23);1H. The average Bonchev–Trinajstić information content (AvgIpc) is 3.07. The lowest BCUT2D eigenvalue weighted by Gasteiger charge is -2.14. The quantitative estimate of drug-likeness (QED) is 0.227. The molecule has 2 rings (SSSR count). The summed E-state index contributed by atoms with van der Waals surface area (Å²) in [5.41, 5.74) is 3.33. The van der Waals surface area contributed by atoms with Gasteiger partial charge in [-0.15, -0.1) is 24.0 Å². The van der Waals surface area contributed by atoms with E-state index in [0.29, 0.717) is 26.3 Å². The molecule has 0 saturated heterocycles. The predicted octanol–water partition coefficient (Wildman–Crippen LogP) is 3.02. The Morgan fingerprint density at radius 1 is 1.21 bits per heavy atom. The van der Waals surface area contributed by atoms with Gasteiger partial charge in [-0.2, -0.15) is 5.10 Å². The number of aliphatic imine (C=N–C) groups is 1. The molecule has 2 N–H and O–H groups in total. The highest BCUT2D eigenvalue weighted by molar-refractivity contribution is 14.0. The lowest BCUT2D eigenvalue weighted by molar-refractivity contribution is 0.172. The van der Waals surface area contributed by atoms with Crippen LogP contribution in [-0.4, -0.2) is 42.6 Å². The summed E-state index contributed by atoms with van der Waals surface area (Å²) in [7, 11) is 3.63. The number of nitrogens with zero attached hydrogens (tertiary/aromatic N) is 3. The third kappa shape index (κ3) is 8.05. The summed E-state index contributed by atoms with van der Waals surface area (Å²) < 4.78 is 12.9. The van der Waals surface area contributed by atoms with Crippen LogP contribution in [0.1, 0.15) is 30.2 Å². The Hall–Kier alpha value is -1.81. The summed E-state index contributed by atoms with van der Waals surface area (Å²) in [4.78, 5) is 4.71. The summed E-state index contributed by atoms with van der Waals surface area (Å²) in [5, 5.41) is 10.8. The molecule has 1 aromatic heterocycles. The Balaban J connectivity index is 0.00000392. The second kappa shape index (κ2) is 13.4. The molecule has 0 radical (unpaired) electrons. The van der Waals surface area contributed by atoms with Gasteiger partial charge in [0, 0.05) is 45.5 Å². The number of hydrogen-bond acceptors (Lipinski definition) is 4. The van der Waals surface area contributed by atoms with Crippen molar-refractivity contribution in [1.82, 2.24) is 20.4 Å². The van der Waals surface area contributed by atoms with E-state index in [2.05, 4.69) is 47.8 Å². The van der Waals surface area contributed by atoms with E-state index < -0.39 is 0 Å². The average molecular weight is 501 g/mol. The van der Waals surface area contributed by atoms with Gasteiger partial charge in [0.25, 0.3) is 0 Å². The van der Waals surface area contributed by atoms with E-state index in [0.717, 1.165) is 35.9 Å². The molecule has 0 amide bonds. The van der Waals surface area contributed by atoms with Crippen LogP contribution >= 0.6 is 24.0 Å². The van der Waals surface area contributed by atoms with Gasteiger partial charge in [0.15, 0.2) is 5.96 Å². The molecule has 0 unspecified atom stereocenters. The summed E-state index contributed by atoms with van der Waals surface area (Å²) in [5.74, 6) is 1.65. The first-order valence-electron chi connectivity index (χ1n) is 9.34. The lowest BCUT2D eigenvalue weighted by Crippen LogP contribution is -2.37. The molecule has 28 heavy (non-hydrogen) atoms. The normalized spacial score (nSPS) is 11.1. The zero-order chi connectivity index (χ0) is 19.5. The van der Waals surface area contributed by atoms with Crippen LogP contribution in [0.5, 0.6) is 5.75 Å². The van der Waals surface area contributed by atoms with Crippen molar-refractivity contribution in [2.75, 3.05) is 26.9 Å². The monoisotopic (exact) mass is 501 g/mol. The van der Waals surface area contributed by atoms with Crippen molar-refractivity contribution >= 4 is 29.9 Å². The smallest absolute Gasteiger partial charge is 0.191 e. The van der Waals surface area contributed by atoms with Crippen molar-refractivity contribution in [3.63, 3.8) is 0 Å². The number of hydrogen-bond donors (Lipinski definition) is 2. The van der Waals surface area contributed by atoms with Crippen molar-refractivity contribution in [1.29, 1.82) is 0 Å². The molecule has 7 nitrogen and oxygen atoms in total. The molecular weight excluding hydrogens is 469 g/mol. The maximum Gasteiger partial charge on any atom is 0.191 e. The Morgan fingerprint density at radius 3 is 2.71 bits per heavy atom. The molecule has 0 bridgehead atoms. The number of guanidine groups is 1. The van der Waals surface area contributed by atoms with Crippen molar-refractivity contribution in [2.24, 2.45) is 12.0 Å². The highest BCUT2D eigenvalue weighted by Gasteiger charge is 2.06. The number of aryl methyl sites for hydroxylation is 2. The zero-order valence-electron chi connectivity index (χ0n) is 17.2.